The molecule has 0 saturated heterocycles. The van der Waals surface area contributed by atoms with Crippen LogP contribution in [0.4, 0.5) is 5.69 Å². The minimum Gasteiger partial charge on any atom is -0.427 e. The molecule has 0 radical (unpaired) electrons. The summed E-state index contributed by atoms with van der Waals surface area (Å²) in [5, 5.41) is 2.78. The maximum absolute atomic E-state index is 12.2. The molecule has 0 saturated carbocycles. The Morgan fingerprint density at radius 1 is 1.00 bits per heavy atom. The van der Waals surface area contributed by atoms with Crippen LogP contribution in [0, 0.1) is 0 Å². The zero-order chi connectivity index (χ0) is 15.9. The molecule has 4 heteroatoms. The van der Waals surface area contributed by atoms with E-state index in [9.17, 15) is 9.59 Å². The van der Waals surface area contributed by atoms with E-state index < -0.39 is 5.97 Å². The van der Waals surface area contributed by atoms with E-state index in [1.165, 1.54) is 6.92 Å². The standard InChI is InChI=1S/C18H17NO3/c1-13(11-15-7-4-3-5-8-15)18(21)19-16-9-6-10-17(12-16)22-14(2)20/h3-12H,1-2H3,(H,19,21)/b13-11+. The molecule has 0 aromatic heterocycles. The Kier molecular flexibility index (Phi) is 5.09. The average molecular weight is 295 g/mol. The summed E-state index contributed by atoms with van der Waals surface area (Å²) in [6, 6.07) is 16.3. The van der Waals surface area contributed by atoms with Crippen LogP contribution in [0.1, 0.15) is 19.4 Å². The van der Waals surface area contributed by atoms with Crippen molar-refractivity contribution in [1.29, 1.82) is 0 Å². The van der Waals surface area contributed by atoms with Gasteiger partial charge in [0.05, 0.1) is 0 Å². The summed E-state index contributed by atoms with van der Waals surface area (Å²) in [5.74, 6) is -0.206. The van der Waals surface area contributed by atoms with Crippen LogP contribution in [0.2, 0.25) is 0 Å². The molecule has 0 aliphatic carbocycles. The lowest BCUT2D eigenvalue weighted by atomic mass is 10.1. The lowest BCUT2D eigenvalue weighted by Gasteiger charge is -2.07. The van der Waals surface area contributed by atoms with E-state index in [0.29, 0.717) is 17.0 Å². The van der Waals surface area contributed by atoms with Crippen molar-refractivity contribution in [1.82, 2.24) is 0 Å². The van der Waals surface area contributed by atoms with Crippen LogP contribution in [0.25, 0.3) is 6.08 Å². The second-order valence-corrected chi connectivity index (χ2v) is 4.81. The maximum atomic E-state index is 12.2. The fraction of sp³-hybridized carbons (Fsp3) is 0.111. The zero-order valence-corrected chi connectivity index (χ0v) is 12.5. The molecular weight excluding hydrogens is 278 g/mol. The molecule has 0 aliphatic heterocycles. The van der Waals surface area contributed by atoms with E-state index in [0.717, 1.165) is 5.56 Å². The van der Waals surface area contributed by atoms with Gasteiger partial charge in [0.1, 0.15) is 5.75 Å². The Morgan fingerprint density at radius 3 is 2.41 bits per heavy atom. The van der Waals surface area contributed by atoms with Crippen molar-refractivity contribution in [2.24, 2.45) is 0 Å². The van der Waals surface area contributed by atoms with Crippen molar-refractivity contribution >= 4 is 23.6 Å². The smallest absolute Gasteiger partial charge is 0.308 e. The Morgan fingerprint density at radius 2 is 1.73 bits per heavy atom. The molecule has 0 spiro atoms. The van der Waals surface area contributed by atoms with Crippen LogP contribution in [-0.4, -0.2) is 11.9 Å². The van der Waals surface area contributed by atoms with Gasteiger partial charge in [-0.1, -0.05) is 36.4 Å². The minimum absolute atomic E-state index is 0.205. The van der Waals surface area contributed by atoms with Crippen LogP contribution >= 0.6 is 0 Å². The predicted octanol–water partition coefficient (Wildman–Crippen LogP) is 3.65. The predicted molar refractivity (Wildman–Crippen MR) is 86.5 cm³/mol. The number of hydrogen-bond acceptors (Lipinski definition) is 3. The van der Waals surface area contributed by atoms with Crippen molar-refractivity contribution in [3.63, 3.8) is 0 Å². The first-order valence-corrected chi connectivity index (χ1v) is 6.88. The van der Waals surface area contributed by atoms with Crippen molar-refractivity contribution in [3.8, 4) is 5.75 Å². The molecule has 1 N–H and O–H groups in total. The molecule has 2 aromatic rings. The Labute approximate surface area is 129 Å². The summed E-state index contributed by atoms with van der Waals surface area (Å²) in [5.41, 5.74) is 2.12. The highest BCUT2D eigenvalue weighted by Gasteiger charge is 2.06. The van der Waals surface area contributed by atoms with Crippen molar-refractivity contribution < 1.29 is 14.3 Å². The Balaban J connectivity index is 2.08. The van der Waals surface area contributed by atoms with Crippen molar-refractivity contribution in [3.05, 3.63) is 65.7 Å². The molecular formula is C18H17NO3. The second kappa shape index (κ2) is 7.22. The molecule has 0 bridgehead atoms. The van der Waals surface area contributed by atoms with Crippen molar-refractivity contribution in [2.75, 3.05) is 5.32 Å². The molecule has 0 fully saturated rings. The number of esters is 1. The monoisotopic (exact) mass is 295 g/mol. The maximum Gasteiger partial charge on any atom is 0.308 e. The van der Waals surface area contributed by atoms with Gasteiger partial charge in [0.2, 0.25) is 0 Å². The molecule has 1 amide bonds. The topological polar surface area (TPSA) is 55.4 Å². The van der Waals surface area contributed by atoms with E-state index in [1.807, 2.05) is 36.4 Å². The molecule has 0 atom stereocenters. The number of carbonyl (C=O) groups is 2. The van der Waals surface area contributed by atoms with Gasteiger partial charge in [0.15, 0.2) is 0 Å². The van der Waals surface area contributed by atoms with Crippen LogP contribution in [0.3, 0.4) is 0 Å². The summed E-state index contributed by atoms with van der Waals surface area (Å²) < 4.78 is 4.99. The number of benzene rings is 2. The third kappa shape index (κ3) is 4.59. The molecule has 0 aliphatic rings. The average Bonchev–Trinajstić information content (AvgIpc) is 2.48. The van der Waals surface area contributed by atoms with Crippen LogP contribution < -0.4 is 10.1 Å². The number of hydrogen-bond donors (Lipinski definition) is 1. The molecule has 22 heavy (non-hydrogen) atoms. The van der Waals surface area contributed by atoms with Gasteiger partial charge in [-0.2, -0.15) is 0 Å². The fourth-order valence-corrected chi connectivity index (χ4v) is 1.90. The summed E-state index contributed by atoms with van der Waals surface area (Å²) in [6.07, 6.45) is 1.81. The van der Waals surface area contributed by atoms with Gasteiger partial charge in [-0.15, -0.1) is 0 Å². The summed E-state index contributed by atoms with van der Waals surface area (Å²) in [4.78, 5) is 23.1. The summed E-state index contributed by atoms with van der Waals surface area (Å²) in [7, 11) is 0. The first-order valence-electron chi connectivity index (χ1n) is 6.88. The van der Waals surface area contributed by atoms with E-state index in [1.54, 1.807) is 31.2 Å². The Hall–Kier alpha value is -2.88. The van der Waals surface area contributed by atoms with Gasteiger partial charge in [0.25, 0.3) is 5.91 Å². The lowest BCUT2D eigenvalue weighted by Crippen LogP contribution is -2.12. The van der Waals surface area contributed by atoms with E-state index in [2.05, 4.69) is 5.32 Å². The first-order chi connectivity index (χ1) is 10.5. The van der Waals surface area contributed by atoms with Crippen molar-refractivity contribution in [2.45, 2.75) is 13.8 Å². The number of ether oxygens (including phenoxy) is 1. The van der Waals surface area contributed by atoms with Gasteiger partial charge in [0, 0.05) is 24.3 Å². The highest BCUT2D eigenvalue weighted by Crippen LogP contribution is 2.18. The molecule has 4 nitrogen and oxygen atoms in total. The number of carbonyl (C=O) groups excluding carboxylic acids is 2. The number of nitrogens with one attached hydrogen (secondary N) is 1. The van der Waals surface area contributed by atoms with Crippen LogP contribution in [-0.2, 0) is 9.59 Å². The summed E-state index contributed by atoms with van der Waals surface area (Å²) in [6.45, 7) is 3.08. The minimum atomic E-state index is -0.399. The largest absolute Gasteiger partial charge is 0.427 e. The normalized spacial score (nSPS) is 10.9. The van der Waals surface area contributed by atoms with E-state index >= 15 is 0 Å². The third-order valence-corrected chi connectivity index (χ3v) is 2.89. The lowest BCUT2D eigenvalue weighted by molar-refractivity contribution is -0.131. The number of amides is 1. The van der Waals surface area contributed by atoms with Gasteiger partial charge in [-0.25, -0.2) is 0 Å². The molecule has 2 rings (SSSR count). The first kappa shape index (κ1) is 15.5. The van der Waals surface area contributed by atoms with Gasteiger partial charge < -0.3 is 10.1 Å². The highest BCUT2D eigenvalue weighted by molar-refractivity contribution is 6.06. The zero-order valence-electron chi connectivity index (χ0n) is 12.5. The van der Waals surface area contributed by atoms with Crippen LogP contribution in [0.5, 0.6) is 5.75 Å². The van der Waals surface area contributed by atoms with E-state index in [-0.39, 0.29) is 5.91 Å². The van der Waals surface area contributed by atoms with Gasteiger partial charge in [-0.05, 0) is 30.7 Å². The van der Waals surface area contributed by atoms with Gasteiger partial charge >= 0.3 is 5.97 Å². The molecule has 0 heterocycles. The summed E-state index contributed by atoms with van der Waals surface area (Å²) >= 11 is 0. The van der Waals surface area contributed by atoms with E-state index in [4.69, 9.17) is 4.74 Å². The van der Waals surface area contributed by atoms with Crippen LogP contribution in [0.15, 0.2) is 60.2 Å². The highest BCUT2D eigenvalue weighted by atomic mass is 16.5. The number of rotatable bonds is 4. The molecule has 0 unspecified atom stereocenters. The van der Waals surface area contributed by atoms with Gasteiger partial charge in [-0.3, -0.25) is 9.59 Å². The SMILES string of the molecule is CC(=O)Oc1cccc(NC(=O)/C(C)=C/c2ccccc2)c1. The fourth-order valence-electron chi connectivity index (χ4n) is 1.90. The quantitative estimate of drug-likeness (QED) is 0.532. The Bertz CT molecular complexity index is 705. The molecule has 2 aromatic carbocycles. The third-order valence-electron chi connectivity index (χ3n) is 2.89. The second-order valence-electron chi connectivity index (χ2n) is 4.81. The number of anilines is 1. The molecule has 112 valence electrons.